The van der Waals surface area contributed by atoms with Crippen LogP contribution >= 0.6 is 12.2 Å². The van der Waals surface area contributed by atoms with Crippen molar-refractivity contribution in [3.8, 4) is 0 Å². The summed E-state index contributed by atoms with van der Waals surface area (Å²) < 4.78 is 0. The minimum absolute atomic E-state index is 0.660. The molecule has 1 aromatic carbocycles. The van der Waals surface area contributed by atoms with E-state index >= 15 is 0 Å². The molecule has 0 saturated heterocycles. The lowest BCUT2D eigenvalue weighted by atomic mass is 10.2. The summed E-state index contributed by atoms with van der Waals surface area (Å²) >= 11 is 4.51. The highest BCUT2D eigenvalue weighted by Crippen LogP contribution is 2.11. The molecule has 0 atom stereocenters. The van der Waals surface area contributed by atoms with Crippen LogP contribution in [-0.4, -0.2) is 18.3 Å². The van der Waals surface area contributed by atoms with Crippen LogP contribution in [0, 0.1) is 0 Å². The molecule has 14 heavy (non-hydrogen) atoms. The predicted molar refractivity (Wildman–Crippen MR) is 61.9 cm³/mol. The number of benzene rings is 1. The van der Waals surface area contributed by atoms with Crippen LogP contribution in [0.3, 0.4) is 0 Å². The van der Waals surface area contributed by atoms with Crippen molar-refractivity contribution in [2.75, 3.05) is 13.1 Å². The quantitative estimate of drug-likeness (QED) is 0.437. The summed E-state index contributed by atoms with van der Waals surface area (Å²) in [5, 5.41) is 5.54. The van der Waals surface area contributed by atoms with Gasteiger partial charge in [-0.15, -0.1) is 0 Å². The van der Waals surface area contributed by atoms with Gasteiger partial charge in [-0.25, -0.2) is 0 Å². The highest BCUT2D eigenvalue weighted by atomic mass is 32.1. The summed E-state index contributed by atoms with van der Waals surface area (Å²) in [7, 11) is 0. The van der Waals surface area contributed by atoms with E-state index in [0.29, 0.717) is 6.54 Å². The summed E-state index contributed by atoms with van der Waals surface area (Å²) in [5.41, 5.74) is 7.40. The number of nitrogens with two attached hydrogens (primary N) is 1. The van der Waals surface area contributed by atoms with E-state index in [1.165, 1.54) is 5.56 Å². The van der Waals surface area contributed by atoms with Crippen molar-refractivity contribution in [2.45, 2.75) is 6.54 Å². The summed E-state index contributed by atoms with van der Waals surface area (Å²) in [5.74, 6) is 0. The zero-order chi connectivity index (χ0) is 10.2. The van der Waals surface area contributed by atoms with Crippen LogP contribution in [0.1, 0.15) is 5.56 Å². The van der Waals surface area contributed by atoms with Gasteiger partial charge in [0.2, 0.25) is 0 Å². The van der Waals surface area contributed by atoms with Gasteiger partial charge in [-0.05, 0) is 29.9 Å². The zero-order valence-electron chi connectivity index (χ0n) is 7.86. The topological polar surface area (TPSA) is 50.4 Å². The van der Waals surface area contributed by atoms with Gasteiger partial charge in [0.1, 0.15) is 0 Å². The molecule has 0 aromatic heterocycles. The van der Waals surface area contributed by atoms with Crippen molar-refractivity contribution < 1.29 is 0 Å². The molecule has 0 aliphatic heterocycles. The highest BCUT2D eigenvalue weighted by Gasteiger charge is 1.92. The average molecular weight is 207 g/mol. The molecule has 4 heteroatoms. The Morgan fingerprint density at radius 2 is 2.07 bits per heavy atom. The fourth-order valence-electron chi connectivity index (χ4n) is 1.08. The first-order valence-electron chi connectivity index (χ1n) is 4.44. The Hall–Kier alpha value is -1.06. The molecule has 1 rings (SSSR count). The number of nitrogens with zero attached hydrogens (tertiary/aromatic N) is 1. The fraction of sp³-hybridized carbons (Fsp3) is 0.300. The maximum Gasteiger partial charge on any atom is 0.0739 e. The van der Waals surface area contributed by atoms with Crippen molar-refractivity contribution in [2.24, 2.45) is 10.7 Å². The van der Waals surface area contributed by atoms with Crippen molar-refractivity contribution >= 4 is 23.1 Å². The standard InChI is InChI=1S/C10H13N3S/c11-5-6-12-7-9-1-3-10(4-2-9)13-8-14/h1-4,12H,5-7,11H2. The summed E-state index contributed by atoms with van der Waals surface area (Å²) in [6.07, 6.45) is 0. The van der Waals surface area contributed by atoms with Crippen LogP contribution in [0.4, 0.5) is 5.69 Å². The minimum Gasteiger partial charge on any atom is -0.329 e. The van der Waals surface area contributed by atoms with Gasteiger partial charge in [-0.1, -0.05) is 12.1 Å². The van der Waals surface area contributed by atoms with Crippen LogP contribution < -0.4 is 11.1 Å². The van der Waals surface area contributed by atoms with Gasteiger partial charge in [-0.2, -0.15) is 4.99 Å². The predicted octanol–water partition coefficient (Wildman–Crippen LogP) is 1.47. The second-order valence-corrected chi connectivity index (χ2v) is 3.02. The van der Waals surface area contributed by atoms with Crippen molar-refractivity contribution in [1.29, 1.82) is 0 Å². The van der Waals surface area contributed by atoms with Gasteiger partial charge >= 0.3 is 0 Å². The maximum absolute atomic E-state index is 5.36. The van der Waals surface area contributed by atoms with Crippen molar-refractivity contribution in [3.05, 3.63) is 29.8 Å². The monoisotopic (exact) mass is 207 g/mol. The van der Waals surface area contributed by atoms with Crippen LogP contribution in [0.15, 0.2) is 29.3 Å². The normalized spacial score (nSPS) is 9.50. The third-order valence-electron chi connectivity index (χ3n) is 1.76. The third kappa shape index (κ3) is 3.77. The molecule has 1 aromatic rings. The average Bonchev–Trinajstić information content (AvgIpc) is 2.21. The van der Waals surface area contributed by atoms with E-state index in [0.717, 1.165) is 18.8 Å². The number of isothiocyanates is 1. The van der Waals surface area contributed by atoms with Crippen LogP contribution in [0.2, 0.25) is 0 Å². The Morgan fingerprint density at radius 1 is 1.36 bits per heavy atom. The molecule has 0 aliphatic carbocycles. The van der Waals surface area contributed by atoms with E-state index in [1.54, 1.807) is 0 Å². The molecule has 0 spiro atoms. The van der Waals surface area contributed by atoms with E-state index < -0.39 is 0 Å². The lowest BCUT2D eigenvalue weighted by Gasteiger charge is -2.02. The number of aliphatic imine (C=N–C) groups is 1. The first kappa shape index (κ1) is 11.0. The number of hydrogen-bond donors (Lipinski definition) is 2. The fourth-order valence-corrected chi connectivity index (χ4v) is 1.18. The minimum atomic E-state index is 0.660. The Balaban J connectivity index is 2.50. The molecular weight excluding hydrogens is 194 g/mol. The largest absolute Gasteiger partial charge is 0.329 e. The SMILES string of the molecule is NCCNCc1ccc(N=C=S)cc1. The smallest absolute Gasteiger partial charge is 0.0739 e. The Bertz CT molecular complexity index is 315. The van der Waals surface area contributed by atoms with Gasteiger partial charge < -0.3 is 11.1 Å². The first-order valence-corrected chi connectivity index (χ1v) is 4.85. The number of nitrogens with one attached hydrogen (secondary N) is 1. The van der Waals surface area contributed by atoms with E-state index in [-0.39, 0.29) is 0 Å². The van der Waals surface area contributed by atoms with Crippen LogP contribution in [-0.2, 0) is 6.54 Å². The molecule has 0 fully saturated rings. The second-order valence-electron chi connectivity index (χ2n) is 2.83. The number of thiocarbonyl (C=S) groups is 1. The maximum atomic E-state index is 5.36. The summed E-state index contributed by atoms with van der Waals surface area (Å²) in [6, 6.07) is 7.85. The van der Waals surface area contributed by atoms with Gasteiger partial charge in [0.15, 0.2) is 0 Å². The molecule has 0 bridgehead atoms. The zero-order valence-corrected chi connectivity index (χ0v) is 8.68. The Labute approximate surface area is 89.0 Å². The molecule has 3 N–H and O–H groups in total. The lowest BCUT2D eigenvalue weighted by Crippen LogP contribution is -2.21. The number of rotatable bonds is 5. The second kappa shape index (κ2) is 6.40. The summed E-state index contributed by atoms with van der Waals surface area (Å²) in [4.78, 5) is 3.87. The van der Waals surface area contributed by atoms with Crippen molar-refractivity contribution in [3.63, 3.8) is 0 Å². The molecule has 0 aliphatic rings. The first-order chi connectivity index (χ1) is 6.86. The molecule has 0 radical (unpaired) electrons. The molecule has 0 unspecified atom stereocenters. The van der Waals surface area contributed by atoms with E-state index in [1.807, 2.05) is 24.3 Å². The molecule has 0 saturated carbocycles. The van der Waals surface area contributed by atoms with Crippen molar-refractivity contribution in [1.82, 2.24) is 5.32 Å². The summed E-state index contributed by atoms with van der Waals surface area (Å²) in [6.45, 7) is 2.33. The number of hydrogen-bond acceptors (Lipinski definition) is 4. The molecule has 0 heterocycles. The van der Waals surface area contributed by atoms with Crippen LogP contribution in [0.5, 0.6) is 0 Å². The molecule has 0 amide bonds. The Morgan fingerprint density at radius 3 is 2.64 bits per heavy atom. The Kier molecular flexibility index (Phi) is 5.04. The van der Waals surface area contributed by atoms with Gasteiger partial charge in [-0.3, -0.25) is 0 Å². The highest BCUT2D eigenvalue weighted by molar-refractivity contribution is 7.78. The van der Waals surface area contributed by atoms with Crippen LogP contribution in [0.25, 0.3) is 0 Å². The van der Waals surface area contributed by atoms with E-state index in [9.17, 15) is 0 Å². The molecular formula is C10H13N3S. The molecule has 74 valence electrons. The third-order valence-corrected chi connectivity index (χ3v) is 1.85. The van der Waals surface area contributed by atoms with E-state index in [4.69, 9.17) is 5.73 Å². The van der Waals surface area contributed by atoms with Gasteiger partial charge in [0, 0.05) is 19.6 Å². The molecule has 3 nitrogen and oxygen atoms in total. The van der Waals surface area contributed by atoms with Gasteiger partial charge in [0.25, 0.3) is 0 Å². The van der Waals surface area contributed by atoms with E-state index in [2.05, 4.69) is 27.7 Å². The lowest BCUT2D eigenvalue weighted by molar-refractivity contribution is 0.695. The van der Waals surface area contributed by atoms with Gasteiger partial charge in [0.05, 0.1) is 10.8 Å².